The molecule has 3 nitrogen and oxygen atoms in total. The molecular formula is C26H21F2NO2S. The van der Waals surface area contributed by atoms with Gasteiger partial charge in [0, 0.05) is 39.9 Å². The summed E-state index contributed by atoms with van der Waals surface area (Å²) in [6, 6.07) is 17.1. The topological polar surface area (TPSA) is 38.3 Å². The van der Waals surface area contributed by atoms with Gasteiger partial charge in [-0.2, -0.15) is 11.3 Å². The first kappa shape index (κ1) is 21.7. The lowest BCUT2D eigenvalue weighted by Gasteiger charge is -2.21. The third-order valence-electron chi connectivity index (χ3n) is 5.21. The SMILES string of the molecule is COc1cccc(NC(C(=O)c2cscc2-c2ccc(C)cc2)c2ccc(F)cc2F)c1. The standard InChI is InChI=1S/C26H21F2NO2S/c1-16-6-8-17(9-7-16)22-14-32-15-23(22)26(30)25(21-11-10-18(27)12-24(21)28)29-19-4-3-5-20(13-19)31-2/h3-15,25,29H,1-2H3. The Kier molecular flexibility index (Phi) is 6.32. The molecule has 4 aromatic rings. The van der Waals surface area contributed by atoms with Gasteiger partial charge in [0.1, 0.15) is 23.4 Å². The normalized spacial score (nSPS) is 11.8. The molecule has 1 heterocycles. The summed E-state index contributed by atoms with van der Waals surface area (Å²) in [6.07, 6.45) is 0. The summed E-state index contributed by atoms with van der Waals surface area (Å²) in [5.41, 5.74) is 3.92. The van der Waals surface area contributed by atoms with E-state index < -0.39 is 17.7 Å². The number of hydrogen-bond acceptors (Lipinski definition) is 4. The van der Waals surface area contributed by atoms with Crippen molar-refractivity contribution >= 4 is 22.8 Å². The summed E-state index contributed by atoms with van der Waals surface area (Å²) in [7, 11) is 1.54. The van der Waals surface area contributed by atoms with E-state index in [2.05, 4.69) is 5.32 Å². The summed E-state index contributed by atoms with van der Waals surface area (Å²) in [6.45, 7) is 1.99. The van der Waals surface area contributed by atoms with E-state index >= 15 is 0 Å². The van der Waals surface area contributed by atoms with Crippen molar-refractivity contribution in [3.63, 3.8) is 0 Å². The van der Waals surface area contributed by atoms with E-state index in [9.17, 15) is 13.6 Å². The van der Waals surface area contributed by atoms with Crippen molar-refractivity contribution < 1.29 is 18.3 Å². The number of Topliss-reactive ketones (excluding diaryl/α,β-unsaturated/α-hetero) is 1. The van der Waals surface area contributed by atoms with E-state index in [0.29, 0.717) is 17.0 Å². The number of ether oxygens (including phenoxy) is 1. The lowest BCUT2D eigenvalue weighted by Crippen LogP contribution is -2.22. The highest BCUT2D eigenvalue weighted by Gasteiger charge is 2.28. The maximum absolute atomic E-state index is 14.8. The fraction of sp³-hybridized carbons (Fsp3) is 0.115. The minimum absolute atomic E-state index is 0.0697. The maximum Gasteiger partial charge on any atom is 0.191 e. The molecule has 4 rings (SSSR count). The van der Waals surface area contributed by atoms with Crippen LogP contribution in [-0.2, 0) is 0 Å². The molecule has 1 aromatic heterocycles. The van der Waals surface area contributed by atoms with E-state index in [1.807, 2.05) is 36.6 Å². The van der Waals surface area contributed by atoms with E-state index in [1.54, 1.807) is 36.8 Å². The second-order valence-electron chi connectivity index (χ2n) is 7.40. The Bertz CT molecular complexity index is 1250. The third kappa shape index (κ3) is 4.55. The predicted octanol–water partition coefficient (Wildman–Crippen LogP) is 7.05. The summed E-state index contributed by atoms with van der Waals surface area (Å²) in [5.74, 6) is -1.20. The van der Waals surface area contributed by atoms with Gasteiger partial charge < -0.3 is 10.1 Å². The molecule has 3 aromatic carbocycles. The van der Waals surface area contributed by atoms with E-state index in [0.717, 1.165) is 28.8 Å². The minimum Gasteiger partial charge on any atom is -0.497 e. The maximum atomic E-state index is 14.8. The third-order valence-corrected chi connectivity index (χ3v) is 5.95. The average Bonchev–Trinajstić information content (AvgIpc) is 3.28. The predicted molar refractivity (Wildman–Crippen MR) is 125 cm³/mol. The quantitative estimate of drug-likeness (QED) is 0.307. The Labute approximate surface area is 189 Å². The molecule has 0 fully saturated rings. The Morgan fingerprint density at radius 2 is 1.78 bits per heavy atom. The van der Waals surface area contributed by atoms with Crippen LogP contribution in [0.3, 0.4) is 0 Å². The summed E-state index contributed by atoms with van der Waals surface area (Å²) < 4.78 is 33.6. The zero-order chi connectivity index (χ0) is 22.7. The molecule has 6 heteroatoms. The van der Waals surface area contributed by atoms with E-state index in [-0.39, 0.29) is 11.3 Å². The molecule has 0 saturated carbocycles. The molecule has 0 aliphatic rings. The number of halogens is 2. The number of aryl methyl sites for hydroxylation is 1. The van der Waals surface area contributed by atoms with Gasteiger partial charge in [-0.1, -0.05) is 42.0 Å². The van der Waals surface area contributed by atoms with Crippen LogP contribution in [0.25, 0.3) is 11.1 Å². The fourth-order valence-electron chi connectivity index (χ4n) is 3.50. The Morgan fingerprint density at radius 1 is 1.00 bits per heavy atom. The van der Waals surface area contributed by atoms with Gasteiger partial charge in [-0.3, -0.25) is 4.79 Å². The molecule has 0 aliphatic carbocycles. The molecule has 0 bridgehead atoms. The van der Waals surface area contributed by atoms with Crippen LogP contribution in [0.15, 0.2) is 77.5 Å². The highest BCUT2D eigenvalue weighted by Crippen LogP contribution is 2.34. The molecule has 0 spiro atoms. The molecule has 0 radical (unpaired) electrons. The van der Waals surface area contributed by atoms with Gasteiger partial charge in [-0.15, -0.1) is 0 Å². The number of methoxy groups -OCH3 is 1. The monoisotopic (exact) mass is 449 g/mol. The molecule has 1 unspecified atom stereocenters. The van der Waals surface area contributed by atoms with Crippen LogP contribution in [0.1, 0.15) is 27.5 Å². The Morgan fingerprint density at radius 3 is 2.50 bits per heavy atom. The van der Waals surface area contributed by atoms with Crippen LogP contribution in [0.2, 0.25) is 0 Å². The van der Waals surface area contributed by atoms with Gasteiger partial charge in [0.25, 0.3) is 0 Å². The number of hydrogen-bond donors (Lipinski definition) is 1. The lowest BCUT2D eigenvalue weighted by molar-refractivity contribution is 0.0969. The fourth-order valence-corrected chi connectivity index (χ4v) is 4.35. The van der Waals surface area contributed by atoms with Crippen LogP contribution < -0.4 is 10.1 Å². The molecule has 32 heavy (non-hydrogen) atoms. The van der Waals surface area contributed by atoms with Gasteiger partial charge in [-0.25, -0.2) is 8.78 Å². The van der Waals surface area contributed by atoms with Gasteiger partial charge >= 0.3 is 0 Å². The number of thiophene rings is 1. The first-order chi connectivity index (χ1) is 15.5. The molecule has 1 atom stereocenters. The molecule has 0 amide bonds. The van der Waals surface area contributed by atoms with Crippen LogP contribution >= 0.6 is 11.3 Å². The number of carbonyl (C=O) groups excluding carboxylic acids is 1. The van der Waals surface area contributed by atoms with Gasteiger partial charge in [0.2, 0.25) is 0 Å². The van der Waals surface area contributed by atoms with Crippen LogP contribution in [0.4, 0.5) is 14.5 Å². The summed E-state index contributed by atoms with van der Waals surface area (Å²) in [5, 5.41) is 6.79. The summed E-state index contributed by atoms with van der Waals surface area (Å²) >= 11 is 1.40. The number of anilines is 1. The smallest absolute Gasteiger partial charge is 0.191 e. The van der Waals surface area contributed by atoms with E-state index in [1.165, 1.54) is 17.4 Å². The Balaban J connectivity index is 1.77. The first-order valence-electron chi connectivity index (χ1n) is 9.99. The van der Waals surface area contributed by atoms with Crippen molar-refractivity contribution in [2.45, 2.75) is 13.0 Å². The second-order valence-corrected chi connectivity index (χ2v) is 8.15. The zero-order valence-corrected chi connectivity index (χ0v) is 18.4. The van der Waals surface area contributed by atoms with Crippen molar-refractivity contribution in [3.05, 3.63) is 106 Å². The van der Waals surface area contributed by atoms with Crippen LogP contribution in [0.5, 0.6) is 5.75 Å². The number of carbonyl (C=O) groups is 1. The molecule has 0 aliphatic heterocycles. The van der Waals surface area contributed by atoms with Gasteiger partial charge in [0.05, 0.1) is 7.11 Å². The van der Waals surface area contributed by atoms with Crippen molar-refractivity contribution in [2.75, 3.05) is 12.4 Å². The highest BCUT2D eigenvalue weighted by molar-refractivity contribution is 7.08. The number of nitrogens with one attached hydrogen (secondary N) is 1. The number of ketones is 1. The van der Waals surface area contributed by atoms with Crippen LogP contribution in [-0.4, -0.2) is 12.9 Å². The van der Waals surface area contributed by atoms with Crippen molar-refractivity contribution in [2.24, 2.45) is 0 Å². The highest BCUT2D eigenvalue weighted by atomic mass is 32.1. The van der Waals surface area contributed by atoms with Crippen molar-refractivity contribution in [1.82, 2.24) is 0 Å². The average molecular weight is 450 g/mol. The molecule has 162 valence electrons. The Hall–Kier alpha value is -3.51. The molecule has 0 saturated heterocycles. The van der Waals surface area contributed by atoms with E-state index in [4.69, 9.17) is 4.74 Å². The second kappa shape index (κ2) is 9.32. The van der Waals surface area contributed by atoms with Crippen molar-refractivity contribution in [1.29, 1.82) is 0 Å². The molecule has 1 N–H and O–H groups in total. The van der Waals surface area contributed by atoms with Gasteiger partial charge in [0.15, 0.2) is 5.78 Å². The first-order valence-corrected chi connectivity index (χ1v) is 10.9. The number of rotatable bonds is 7. The van der Waals surface area contributed by atoms with Gasteiger partial charge in [-0.05, 0) is 36.1 Å². The zero-order valence-electron chi connectivity index (χ0n) is 17.6. The summed E-state index contributed by atoms with van der Waals surface area (Å²) in [4.78, 5) is 13.7. The van der Waals surface area contributed by atoms with Crippen molar-refractivity contribution in [3.8, 4) is 16.9 Å². The molecular weight excluding hydrogens is 428 g/mol. The number of benzene rings is 3. The van der Waals surface area contributed by atoms with Crippen LogP contribution in [0, 0.1) is 18.6 Å². The lowest BCUT2D eigenvalue weighted by atomic mass is 9.93. The minimum atomic E-state index is -1.05. The largest absolute Gasteiger partial charge is 0.497 e.